The van der Waals surface area contributed by atoms with Crippen molar-refractivity contribution in [2.24, 2.45) is 0 Å². The van der Waals surface area contributed by atoms with E-state index >= 15 is 0 Å². The predicted octanol–water partition coefficient (Wildman–Crippen LogP) is 1.76. The first-order chi connectivity index (χ1) is 14.0. The van der Waals surface area contributed by atoms with E-state index in [2.05, 4.69) is 21.0 Å². The summed E-state index contributed by atoms with van der Waals surface area (Å²) in [6.45, 7) is 0.0923. The summed E-state index contributed by atoms with van der Waals surface area (Å²) >= 11 is 0. The van der Waals surface area contributed by atoms with Crippen molar-refractivity contribution < 1.29 is 19.5 Å². The lowest BCUT2D eigenvalue weighted by molar-refractivity contribution is -0.137. The van der Waals surface area contributed by atoms with E-state index in [0.717, 1.165) is 18.4 Å². The van der Waals surface area contributed by atoms with Gasteiger partial charge in [-0.25, -0.2) is 4.79 Å². The second-order valence-electron chi connectivity index (χ2n) is 7.19. The zero-order valence-corrected chi connectivity index (χ0v) is 16.0. The molecule has 4 N–H and O–H groups in total. The summed E-state index contributed by atoms with van der Waals surface area (Å²) in [6, 6.07) is 9.08. The minimum absolute atomic E-state index is 0.0359. The molecule has 1 atom stereocenters. The number of carboxylic acids is 1. The number of nitrogens with one attached hydrogen (secondary N) is 3. The fourth-order valence-electron chi connectivity index (χ4n) is 2.94. The van der Waals surface area contributed by atoms with Gasteiger partial charge in [-0.15, -0.1) is 0 Å². The highest BCUT2D eigenvalue weighted by Crippen LogP contribution is 2.18. The number of hydrogen-bond donors (Lipinski definition) is 4. The summed E-state index contributed by atoms with van der Waals surface area (Å²) in [6.07, 6.45) is 5.89. The molecule has 0 bridgehead atoms. The van der Waals surface area contributed by atoms with Crippen LogP contribution in [0, 0.1) is 0 Å². The molecule has 0 saturated heterocycles. The Hall–Kier alpha value is -3.36. The number of carbonyl (C=O) groups is 3. The third-order valence-corrected chi connectivity index (χ3v) is 4.51. The Bertz CT molecular complexity index is 848. The molecule has 1 heterocycles. The van der Waals surface area contributed by atoms with E-state index in [1.807, 2.05) is 30.3 Å². The second kappa shape index (κ2) is 9.72. The number of aliphatic carboxylic acids is 1. The minimum atomic E-state index is -0.906. The van der Waals surface area contributed by atoms with Gasteiger partial charge in [-0.2, -0.15) is 5.10 Å². The zero-order chi connectivity index (χ0) is 20.6. The third-order valence-electron chi connectivity index (χ3n) is 4.51. The van der Waals surface area contributed by atoms with E-state index in [0.29, 0.717) is 18.5 Å². The zero-order valence-electron chi connectivity index (χ0n) is 16.0. The van der Waals surface area contributed by atoms with Crippen LogP contribution in [0.5, 0.6) is 0 Å². The molecule has 0 radical (unpaired) electrons. The molecule has 9 heteroatoms. The Morgan fingerprint density at radius 2 is 1.97 bits per heavy atom. The molecule has 2 aromatic rings. The standard InChI is InChI=1S/C20H25N5O4/c26-18(22-15-6-7-15)13-25-12-17(11-21-25)24-20(29)23-16(8-9-19(27)28)10-14-4-2-1-3-5-14/h1-5,11-12,15-16H,6-10,13H2,(H,22,26)(H,27,28)(H2,23,24,29). The quantitative estimate of drug-likeness (QED) is 0.484. The largest absolute Gasteiger partial charge is 0.481 e. The number of carbonyl (C=O) groups excluding carboxylic acids is 2. The number of nitrogens with zero attached hydrogens (tertiary/aromatic N) is 2. The van der Waals surface area contributed by atoms with Gasteiger partial charge >= 0.3 is 12.0 Å². The lowest BCUT2D eigenvalue weighted by Crippen LogP contribution is -2.39. The molecule has 154 valence electrons. The maximum absolute atomic E-state index is 12.4. The Kier molecular flexibility index (Phi) is 6.83. The number of rotatable bonds is 10. The number of carboxylic acid groups (broad SMARTS) is 1. The van der Waals surface area contributed by atoms with Crippen molar-refractivity contribution in [2.75, 3.05) is 5.32 Å². The molecule has 1 unspecified atom stereocenters. The smallest absolute Gasteiger partial charge is 0.319 e. The summed E-state index contributed by atoms with van der Waals surface area (Å²) in [4.78, 5) is 35.1. The van der Waals surface area contributed by atoms with Crippen molar-refractivity contribution in [3.05, 3.63) is 48.3 Å². The summed E-state index contributed by atoms with van der Waals surface area (Å²) in [5.41, 5.74) is 1.47. The van der Waals surface area contributed by atoms with E-state index in [1.165, 1.54) is 10.9 Å². The molecule has 1 aliphatic carbocycles. The van der Waals surface area contributed by atoms with Gasteiger partial charge in [-0.05, 0) is 31.2 Å². The first kappa shape index (κ1) is 20.4. The lowest BCUT2D eigenvalue weighted by Gasteiger charge is -2.18. The third kappa shape index (κ3) is 7.28. The molecule has 1 aromatic carbocycles. The molecule has 9 nitrogen and oxygen atoms in total. The number of amides is 3. The molecule has 3 amide bonds. The number of aromatic nitrogens is 2. The van der Waals surface area contributed by atoms with E-state index in [4.69, 9.17) is 5.11 Å². The number of anilines is 1. The van der Waals surface area contributed by atoms with Crippen molar-refractivity contribution in [1.82, 2.24) is 20.4 Å². The van der Waals surface area contributed by atoms with Gasteiger partial charge in [-0.1, -0.05) is 30.3 Å². The Labute approximate surface area is 168 Å². The summed E-state index contributed by atoms with van der Waals surface area (Å²) in [7, 11) is 0. The fraction of sp³-hybridized carbons (Fsp3) is 0.400. The topological polar surface area (TPSA) is 125 Å². The van der Waals surface area contributed by atoms with Crippen molar-refractivity contribution in [2.45, 2.75) is 50.7 Å². The minimum Gasteiger partial charge on any atom is -0.481 e. The van der Waals surface area contributed by atoms with Gasteiger partial charge in [0, 0.05) is 24.7 Å². The van der Waals surface area contributed by atoms with Crippen molar-refractivity contribution >= 4 is 23.6 Å². The van der Waals surface area contributed by atoms with Crippen molar-refractivity contribution in [1.29, 1.82) is 0 Å². The molecule has 1 saturated carbocycles. The van der Waals surface area contributed by atoms with Crippen LogP contribution >= 0.6 is 0 Å². The number of urea groups is 1. The first-order valence-corrected chi connectivity index (χ1v) is 9.63. The molecule has 0 spiro atoms. The van der Waals surface area contributed by atoms with Crippen LogP contribution in [0.4, 0.5) is 10.5 Å². The van der Waals surface area contributed by atoms with Gasteiger partial charge in [0.15, 0.2) is 0 Å². The molecular formula is C20H25N5O4. The lowest BCUT2D eigenvalue weighted by atomic mass is 10.0. The highest BCUT2D eigenvalue weighted by molar-refractivity contribution is 5.89. The fourth-order valence-corrected chi connectivity index (χ4v) is 2.94. The Morgan fingerprint density at radius 1 is 1.21 bits per heavy atom. The average molecular weight is 399 g/mol. The van der Waals surface area contributed by atoms with Gasteiger partial charge < -0.3 is 21.1 Å². The molecular weight excluding hydrogens is 374 g/mol. The molecule has 0 aliphatic heterocycles. The van der Waals surface area contributed by atoms with Crippen LogP contribution in [0.25, 0.3) is 0 Å². The van der Waals surface area contributed by atoms with Crippen molar-refractivity contribution in [3.63, 3.8) is 0 Å². The SMILES string of the molecule is O=C(O)CCC(Cc1ccccc1)NC(=O)Nc1cnn(CC(=O)NC2CC2)c1. The Morgan fingerprint density at radius 3 is 2.66 bits per heavy atom. The van der Waals surface area contributed by atoms with Gasteiger partial charge in [0.2, 0.25) is 5.91 Å². The number of benzene rings is 1. The van der Waals surface area contributed by atoms with E-state index in [-0.39, 0.29) is 31.0 Å². The molecule has 29 heavy (non-hydrogen) atoms. The summed E-state index contributed by atoms with van der Waals surface area (Å²) < 4.78 is 1.46. The van der Waals surface area contributed by atoms with Gasteiger partial charge in [-0.3, -0.25) is 14.3 Å². The van der Waals surface area contributed by atoms with Crippen LogP contribution in [0.15, 0.2) is 42.7 Å². The van der Waals surface area contributed by atoms with E-state index < -0.39 is 12.0 Å². The molecule has 1 fully saturated rings. The molecule has 1 aromatic heterocycles. The summed E-state index contributed by atoms with van der Waals surface area (Å²) in [5, 5.41) is 21.4. The molecule has 3 rings (SSSR count). The highest BCUT2D eigenvalue weighted by atomic mass is 16.4. The maximum atomic E-state index is 12.4. The summed E-state index contributed by atoms with van der Waals surface area (Å²) in [5.74, 6) is -1.01. The van der Waals surface area contributed by atoms with Crippen LogP contribution < -0.4 is 16.0 Å². The van der Waals surface area contributed by atoms with Crippen LogP contribution in [0.1, 0.15) is 31.2 Å². The first-order valence-electron chi connectivity index (χ1n) is 9.63. The van der Waals surface area contributed by atoms with Gasteiger partial charge in [0.05, 0.1) is 11.9 Å². The highest BCUT2D eigenvalue weighted by Gasteiger charge is 2.23. The van der Waals surface area contributed by atoms with Gasteiger partial charge in [0.1, 0.15) is 6.54 Å². The normalized spacial score (nSPS) is 14.1. The van der Waals surface area contributed by atoms with Crippen LogP contribution in [-0.4, -0.2) is 44.9 Å². The van der Waals surface area contributed by atoms with Crippen LogP contribution in [0.3, 0.4) is 0 Å². The number of hydrogen-bond acceptors (Lipinski definition) is 4. The van der Waals surface area contributed by atoms with Crippen LogP contribution in [-0.2, 0) is 22.6 Å². The van der Waals surface area contributed by atoms with Crippen LogP contribution in [0.2, 0.25) is 0 Å². The monoisotopic (exact) mass is 399 g/mol. The maximum Gasteiger partial charge on any atom is 0.319 e. The molecule has 1 aliphatic rings. The predicted molar refractivity (Wildman–Crippen MR) is 106 cm³/mol. The second-order valence-corrected chi connectivity index (χ2v) is 7.19. The van der Waals surface area contributed by atoms with Gasteiger partial charge in [0.25, 0.3) is 0 Å². The van der Waals surface area contributed by atoms with Crippen molar-refractivity contribution in [3.8, 4) is 0 Å². The van der Waals surface area contributed by atoms with E-state index in [9.17, 15) is 14.4 Å². The average Bonchev–Trinajstić information content (AvgIpc) is 3.38. The van der Waals surface area contributed by atoms with E-state index in [1.54, 1.807) is 6.20 Å². The Balaban J connectivity index is 1.51.